The van der Waals surface area contributed by atoms with Crippen molar-refractivity contribution in [3.63, 3.8) is 0 Å². The Labute approximate surface area is 160 Å². The van der Waals surface area contributed by atoms with E-state index in [-0.39, 0.29) is 5.91 Å². The molecule has 1 fully saturated rings. The van der Waals surface area contributed by atoms with Crippen LogP contribution in [0.15, 0.2) is 42.5 Å². The summed E-state index contributed by atoms with van der Waals surface area (Å²) in [6, 6.07) is 14.2. The van der Waals surface area contributed by atoms with Crippen LogP contribution in [0.4, 0.5) is 11.4 Å². The molecule has 2 aromatic rings. The fourth-order valence-corrected chi connectivity index (χ4v) is 3.39. The van der Waals surface area contributed by atoms with Gasteiger partial charge in [-0.3, -0.25) is 4.79 Å². The van der Waals surface area contributed by atoms with E-state index in [1.807, 2.05) is 23.1 Å². The van der Waals surface area contributed by atoms with Crippen LogP contribution in [-0.2, 0) is 4.79 Å². The SMILES string of the molecule is Cc1ccc(NCCC(=O)N2CCN(c3cccc(Cl)c3)CC2)cc1C. The topological polar surface area (TPSA) is 35.6 Å². The first kappa shape index (κ1) is 18.6. The number of piperazine rings is 1. The first-order chi connectivity index (χ1) is 12.5. The van der Waals surface area contributed by atoms with Gasteiger partial charge in [-0.1, -0.05) is 23.7 Å². The first-order valence-electron chi connectivity index (χ1n) is 9.12. The molecule has 1 N–H and O–H groups in total. The Morgan fingerprint density at radius 1 is 1.04 bits per heavy atom. The maximum absolute atomic E-state index is 12.5. The Morgan fingerprint density at radius 2 is 1.81 bits per heavy atom. The number of hydrogen-bond acceptors (Lipinski definition) is 3. The molecular weight excluding hydrogens is 346 g/mol. The zero-order valence-electron chi connectivity index (χ0n) is 15.5. The zero-order chi connectivity index (χ0) is 18.5. The molecule has 0 radical (unpaired) electrons. The van der Waals surface area contributed by atoms with E-state index in [9.17, 15) is 4.79 Å². The smallest absolute Gasteiger partial charge is 0.224 e. The molecule has 2 aromatic carbocycles. The summed E-state index contributed by atoms with van der Waals surface area (Å²) in [5.74, 6) is 0.215. The van der Waals surface area contributed by atoms with E-state index in [0.29, 0.717) is 13.0 Å². The van der Waals surface area contributed by atoms with E-state index in [4.69, 9.17) is 11.6 Å². The number of carbonyl (C=O) groups is 1. The fourth-order valence-electron chi connectivity index (χ4n) is 3.21. The monoisotopic (exact) mass is 371 g/mol. The number of nitrogens with one attached hydrogen (secondary N) is 1. The average Bonchev–Trinajstić information content (AvgIpc) is 2.65. The third-order valence-corrected chi connectivity index (χ3v) is 5.22. The predicted octanol–water partition coefficient (Wildman–Crippen LogP) is 4.11. The van der Waals surface area contributed by atoms with Crippen LogP contribution in [0, 0.1) is 13.8 Å². The number of nitrogens with zero attached hydrogens (tertiary/aromatic N) is 2. The van der Waals surface area contributed by atoms with E-state index in [0.717, 1.165) is 42.6 Å². The second-order valence-electron chi connectivity index (χ2n) is 6.82. The van der Waals surface area contributed by atoms with Gasteiger partial charge in [-0.05, 0) is 55.3 Å². The molecule has 0 aliphatic carbocycles. The number of aryl methyl sites for hydroxylation is 2. The Bertz CT molecular complexity index is 770. The average molecular weight is 372 g/mol. The van der Waals surface area contributed by atoms with Gasteiger partial charge in [0.25, 0.3) is 0 Å². The number of anilines is 2. The molecule has 0 atom stereocenters. The minimum atomic E-state index is 0.215. The van der Waals surface area contributed by atoms with Gasteiger partial charge in [0.1, 0.15) is 0 Å². The molecule has 26 heavy (non-hydrogen) atoms. The van der Waals surface area contributed by atoms with Gasteiger partial charge in [0.05, 0.1) is 0 Å². The number of halogens is 1. The van der Waals surface area contributed by atoms with Gasteiger partial charge in [-0.25, -0.2) is 0 Å². The Kier molecular flexibility index (Phi) is 6.04. The van der Waals surface area contributed by atoms with Gasteiger partial charge in [0.15, 0.2) is 0 Å². The third kappa shape index (κ3) is 4.70. The van der Waals surface area contributed by atoms with Crippen LogP contribution in [0.25, 0.3) is 0 Å². The van der Waals surface area contributed by atoms with Gasteiger partial charge < -0.3 is 15.1 Å². The van der Waals surface area contributed by atoms with Crippen molar-refractivity contribution < 1.29 is 4.79 Å². The maximum Gasteiger partial charge on any atom is 0.224 e. The second kappa shape index (κ2) is 8.45. The molecule has 0 saturated carbocycles. The summed E-state index contributed by atoms with van der Waals surface area (Å²) in [4.78, 5) is 16.7. The molecule has 0 unspecified atom stereocenters. The number of benzene rings is 2. The molecule has 4 nitrogen and oxygen atoms in total. The molecule has 1 aliphatic heterocycles. The van der Waals surface area contributed by atoms with Crippen LogP contribution in [0.2, 0.25) is 5.02 Å². The van der Waals surface area contributed by atoms with Gasteiger partial charge >= 0.3 is 0 Å². The molecule has 0 bridgehead atoms. The van der Waals surface area contributed by atoms with Gasteiger partial charge in [0, 0.05) is 55.5 Å². The minimum Gasteiger partial charge on any atom is -0.385 e. The number of amides is 1. The van der Waals surface area contributed by atoms with Crippen LogP contribution < -0.4 is 10.2 Å². The Morgan fingerprint density at radius 3 is 2.50 bits per heavy atom. The quantitative estimate of drug-likeness (QED) is 0.859. The van der Waals surface area contributed by atoms with Gasteiger partial charge in [-0.2, -0.15) is 0 Å². The van der Waals surface area contributed by atoms with Crippen molar-refractivity contribution in [2.24, 2.45) is 0 Å². The molecule has 1 amide bonds. The van der Waals surface area contributed by atoms with Crippen LogP contribution in [0.1, 0.15) is 17.5 Å². The number of carbonyl (C=O) groups excluding carboxylic acids is 1. The lowest BCUT2D eigenvalue weighted by Crippen LogP contribution is -2.49. The minimum absolute atomic E-state index is 0.215. The van der Waals surface area contributed by atoms with Crippen molar-refractivity contribution >= 4 is 28.9 Å². The highest BCUT2D eigenvalue weighted by molar-refractivity contribution is 6.30. The van der Waals surface area contributed by atoms with E-state index in [2.05, 4.69) is 48.3 Å². The van der Waals surface area contributed by atoms with Crippen LogP contribution in [0.3, 0.4) is 0 Å². The maximum atomic E-state index is 12.5. The Hall–Kier alpha value is -2.20. The molecule has 5 heteroatoms. The summed E-state index contributed by atoms with van der Waals surface area (Å²) in [6.07, 6.45) is 0.518. The molecule has 1 saturated heterocycles. The molecule has 1 heterocycles. The molecule has 0 spiro atoms. The van der Waals surface area contributed by atoms with Crippen LogP contribution in [-0.4, -0.2) is 43.5 Å². The lowest BCUT2D eigenvalue weighted by molar-refractivity contribution is -0.131. The predicted molar refractivity (Wildman–Crippen MR) is 109 cm³/mol. The van der Waals surface area contributed by atoms with Crippen LogP contribution >= 0.6 is 11.6 Å². The summed E-state index contributed by atoms with van der Waals surface area (Å²) in [6.45, 7) is 8.07. The van der Waals surface area contributed by atoms with Crippen molar-refractivity contribution in [2.75, 3.05) is 42.9 Å². The number of hydrogen-bond donors (Lipinski definition) is 1. The van der Waals surface area contributed by atoms with Crippen molar-refractivity contribution in [1.82, 2.24) is 4.90 Å². The van der Waals surface area contributed by atoms with Crippen molar-refractivity contribution in [3.8, 4) is 0 Å². The lowest BCUT2D eigenvalue weighted by Gasteiger charge is -2.36. The molecule has 3 rings (SSSR count). The highest BCUT2D eigenvalue weighted by Crippen LogP contribution is 2.21. The van der Waals surface area contributed by atoms with Gasteiger partial charge in [-0.15, -0.1) is 0 Å². The first-order valence-corrected chi connectivity index (χ1v) is 9.50. The summed E-state index contributed by atoms with van der Waals surface area (Å²) >= 11 is 6.07. The molecule has 138 valence electrons. The van der Waals surface area contributed by atoms with E-state index in [1.54, 1.807) is 0 Å². The summed E-state index contributed by atoms with van der Waals surface area (Å²) in [5.41, 5.74) is 4.75. The molecule has 0 aromatic heterocycles. The third-order valence-electron chi connectivity index (χ3n) is 4.98. The highest BCUT2D eigenvalue weighted by atomic mass is 35.5. The summed E-state index contributed by atoms with van der Waals surface area (Å²) < 4.78 is 0. The highest BCUT2D eigenvalue weighted by Gasteiger charge is 2.21. The normalized spacial score (nSPS) is 14.4. The Balaban J connectivity index is 1.44. The van der Waals surface area contributed by atoms with E-state index in [1.165, 1.54) is 11.1 Å². The van der Waals surface area contributed by atoms with Crippen LogP contribution in [0.5, 0.6) is 0 Å². The van der Waals surface area contributed by atoms with Crippen molar-refractivity contribution in [1.29, 1.82) is 0 Å². The zero-order valence-corrected chi connectivity index (χ0v) is 16.2. The van der Waals surface area contributed by atoms with Crippen molar-refractivity contribution in [3.05, 3.63) is 58.6 Å². The summed E-state index contributed by atoms with van der Waals surface area (Å²) in [7, 11) is 0. The lowest BCUT2D eigenvalue weighted by atomic mass is 10.1. The van der Waals surface area contributed by atoms with E-state index >= 15 is 0 Å². The molecular formula is C21H26ClN3O. The largest absolute Gasteiger partial charge is 0.385 e. The fraction of sp³-hybridized carbons (Fsp3) is 0.381. The number of rotatable bonds is 5. The molecule has 1 aliphatic rings. The second-order valence-corrected chi connectivity index (χ2v) is 7.26. The van der Waals surface area contributed by atoms with Crippen molar-refractivity contribution in [2.45, 2.75) is 20.3 Å². The van der Waals surface area contributed by atoms with E-state index < -0.39 is 0 Å². The summed E-state index contributed by atoms with van der Waals surface area (Å²) in [5, 5.41) is 4.10. The van der Waals surface area contributed by atoms with Gasteiger partial charge in [0.2, 0.25) is 5.91 Å². The standard InChI is InChI=1S/C21H26ClN3O/c1-16-6-7-19(14-17(16)2)23-9-8-21(26)25-12-10-24(11-13-25)20-5-3-4-18(22)15-20/h3-7,14-15,23H,8-13H2,1-2H3.